The van der Waals surface area contributed by atoms with Gasteiger partial charge in [-0.3, -0.25) is 9.59 Å². The number of carbonyl (C=O) groups excluding carboxylic acids is 2. The topological polar surface area (TPSA) is 79.5 Å². The maximum atomic E-state index is 12.3. The van der Waals surface area contributed by atoms with Gasteiger partial charge in [0.2, 0.25) is 5.91 Å². The van der Waals surface area contributed by atoms with Crippen molar-refractivity contribution in [3.8, 4) is 5.75 Å². The van der Waals surface area contributed by atoms with Gasteiger partial charge in [0, 0.05) is 24.7 Å². The highest BCUT2D eigenvalue weighted by Crippen LogP contribution is 2.31. The molecule has 1 aliphatic heterocycles. The summed E-state index contributed by atoms with van der Waals surface area (Å²) in [5.41, 5.74) is 2.13. The second-order valence-corrected chi connectivity index (χ2v) is 5.77. The minimum Gasteiger partial charge on any atom is -0.493 e. The summed E-state index contributed by atoms with van der Waals surface area (Å²) in [6.45, 7) is 0.669. The van der Waals surface area contributed by atoms with Crippen LogP contribution in [0.25, 0.3) is 0 Å². The Bertz CT molecular complexity index is 776. The molecular weight excluding hydrogens is 318 g/mol. The Labute approximate surface area is 146 Å². The lowest BCUT2D eigenvalue weighted by atomic mass is 10.0. The van der Waals surface area contributed by atoms with Crippen molar-refractivity contribution in [1.82, 2.24) is 10.6 Å². The van der Waals surface area contributed by atoms with Crippen LogP contribution in [0.4, 0.5) is 5.69 Å². The number of fused-ring (bicyclic) bond motifs is 1. The van der Waals surface area contributed by atoms with Crippen LogP contribution in [-0.4, -0.2) is 32.0 Å². The van der Waals surface area contributed by atoms with Crippen molar-refractivity contribution in [2.45, 2.75) is 12.5 Å². The number of hydrogen-bond acceptors (Lipinski definition) is 4. The molecule has 1 unspecified atom stereocenters. The van der Waals surface area contributed by atoms with Gasteiger partial charge in [-0.2, -0.15) is 0 Å². The van der Waals surface area contributed by atoms with E-state index < -0.39 is 0 Å². The molecule has 130 valence electrons. The van der Waals surface area contributed by atoms with E-state index in [0.717, 1.165) is 17.7 Å². The zero-order valence-electron chi connectivity index (χ0n) is 14.0. The Kier molecular flexibility index (Phi) is 5.18. The molecule has 0 saturated carbocycles. The van der Waals surface area contributed by atoms with E-state index in [1.165, 1.54) is 0 Å². The summed E-state index contributed by atoms with van der Waals surface area (Å²) in [7, 11) is 1.58. The van der Waals surface area contributed by atoms with Gasteiger partial charge in [0.1, 0.15) is 5.75 Å². The van der Waals surface area contributed by atoms with Gasteiger partial charge >= 0.3 is 0 Å². The molecule has 0 aromatic heterocycles. The van der Waals surface area contributed by atoms with E-state index in [1.54, 1.807) is 25.2 Å². The first-order valence-corrected chi connectivity index (χ1v) is 8.25. The molecule has 0 saturated heterocycles. The molecule has 2 aromatic carbocycles. The van der Waals surface area contributed by atoms with Gasteiger partial charge in [0.25, 0.3) is 5.91 Å². The Morgan fingerprint density at radius 2 is 1.88 bits per heavy atom. The van der Waals surface area contributed by atoms with Crippen molar-refractivity contribution < 1.29 is 14.3 Å². The van der Waals surface area contributed by atoms with E-state index >= 15 is 0 Å². The Morgan fingerprint density at radius 1 is 1.12 bits per heavy atom. The first-order chi connectivity index (χ1) is 12.2. The van der Waals surface area contributed by atoms with Crippen LogP contribution in [0, 0.1) is 0 Å². The highest BCUT2D eigenvalue weighted by atomic mass is 16.5. The number of nitrogens with one attached hydrogen (secondary N) is 3. The second-order valence-electron chi connectivity index (χ2n) is 5.77. The minimum absolute atomic E-state index is 0.0616. The monoisotopic (exact) mass is 339 g/mol. The zero-order valence-corrected chi connectivity index (χ0v) is 14.0. The number of ether oxygens (including phenoxy) is 1. The summed E-state index contributed by atoms with van der Waals surface area (Å²) in [6.07, 6.45) is 0.734. The van der Waals surface area contributed by atoms with Crippen LogP contribution in [0.15, 0.2) is 48.5 Å². The van der Waals surface area contributed by atoms with Crippen molar-refractivity contribution >= 4 is 17.5 Å². The average Bonchev–Trinajstić information content (AvgIpc) is 2.66. The van der Waals surface area contributed by atoms with Crippen molar-refractivity contribution in [2.24, 2.45) is 0 Å². The van der Waals surface area contributed by atoms with Gasteiger partial charge in [0.05, 0.1) is 24.8 Å². The predicted octanol–water partition coefficient (Wildman–Crippen LogP) is 2.10. The molecule has 3 N–H and O–H groups in total. The molecule has 1 atom stereocenters. The lowest BCUT2D eigenvalue weighted by Crippen LogP contribution is -2.36. The number of para-hydroxylation sites is 2. The molecule has 1 aliphatic rings. The van der Waals surface area contributed by atoms with Gasteiger partial charge in [0.15, 0.2) is 0 Å². The molecule has 0 spiro atoms. The van der Waals surface area contributed by atoms with E-state index in [2.05, 4.69) is 16.0 Å². The lowest BCUT2D eigenvalue weighted by Gasteiger charge is -2.26. The fraction of sp³-hybridized carbons (Fsp3) is 0.263. The van der Waals surface area contributed by atoms with Crippen LogP contribution >= 0.6 is 0 Å². The number of amides is 2. The SMILES string of the molecule is CNC(=O)c1ccccc1NCC(=O)NC1CCOc2ccccc21. The fourth-order valence-electron chi connectivity index (χ4n) is 2.88. The van der Waals surface area contributed by atoms with Crippen LogP contribution < -0.4 is 20.7 Å². The third kappa shape index (κ3) is 3.91. The van der Waals surface area contributed by atoms with Crippen LogP contribution in [0.3, 0.4) is 0 Å². The minimum atomic E-state index is -0.193. The predicted molar refractivity (Wildman–Crippen MR) is 95.8 cm³/mol. The third-order valence-electron chi connectivity index (χ3n) is 4.13. The fourth-order valence-corrected chi connectivity index (χ4v) is 2.88. The lowest BCUT2D eigenvalue weighted by molar-refractivity contribution is -0.120. The van der Waals surface area contributed by atoms with E-state index in [9.17, 15) is 9.59 Å². The van der Waals surface area contributed by atoms with Crippen molar-refractivity contribution in [3.05, 3.63) is 59.7 Å². The molecule has 0 fully saturated rings. The molecule has 0 bridgehead atoms. The molecule has 2 aromatic rings. The maximum Gasteiger partial charge on any atom is 0.253 e. The van der Waals surface area contributed by atoms with Crippen LogP contribution in [0.5, 0.6) is 5.75 Å². The molecule has 6 nitrogen and oxygen atoms in total. The Morgan fingerprint density at radius 3 is 2.72 bits per heavy atom. The largest absolute Gasteiger partial charge is 0.493 e. The summed E-state index contributed by atoms with van der Waals surface area (Å²) >= 11 is 0. The summed E-state index contributed by atoms with van der Waals surface area (Å²) in [6, 6.07) is 14.8. The van der Waals surface area contributed by atoms with Gasteiger partial charge in [-0.25, -0.2) is 0 Å². The molecular formula is C19H21N3O3. The van der Waals surface area contributed by atoms with Crippen LogP contribution in [0.2, 0.25) is 0 Å². The maximum absolute atomic E-state index is 12.3. The Balaban J connectivity index is 1.62. The number of anilines is 1. The molecule has 3 rings (SSSR count). The van der Waals surface area contributed by atoms with Gasteiger partial charge < -0.3 is 20.7 Å². The van der Waals surface area contributed by atoms with Crippen molar-refractivity contribution in [1.29, 1.82) is 0 Å². The van der Waals surface area contributed by atoms with Crippen molar-refractivity contribution in [2.75, 3.05) is 25.5 Å². The highest BCUT2D eigenvalue weighted by Gasteiger charge is 2.22. The zero-order chi connectivity index (χ0) is 17.6. The molecule has 6 heteroatoms. The molecule has 0 aliphatic carbocycles. The molecule has 2 amide bonds. The smallest absolute Gasteiger partial charge is 0.253 e. The number of hydrogen-bond donors (Lipinski definition) is 3. The summed E-state index contributed by atoms with van der Waals surface area (Å²) in [5, 5.41) is 8.66. The molecule has 1 heterocycles. The van der Waals surface area contributed by atoms with Crippen LogP contribution in [-0.2, 0) is 4.79 Å². The number of rotatable bonds is 5. The Hall–Kier alpha value is -3.02. The number of carbonyl (C=O) groups is 2. The van der Waals surface area contributed by atoms with Crippen LogP contribution in [0.1, 0.15) is 28.4 Å². The number of benzene rings is 2. The molecule has 25 heavy (non-hydrogen) atoms. The van der Waals surface area contributed by atoms with Gasteiger partial charge in [-0.15, -0.1) is 0 Å². The van der Waals surface area contributed by atoms with E-state index in [4.69, 9.17) is 4.74 Å². The first kappa shape index (κ1) is 16.8. The summed E-state index contributed by atoms with van der Waals surface area (Å²) < 4.78 is 5.61. The highest BCUT2D eigenvalue weighted by molar-refractivity contribution is 5.99. The third-order valence-corrected chi connectivity index (χ3v) is 4.13. The average molecular weight is 339 g/mol. The van der Waals surface area contributed by atoms with Gasteiger partial charge in [-0.1, -0.05) is 30.3 Å². The first-order valence-electron chi connectivity index (χ1n) is 8.25. The molecule has 0 radical (unpaired) electrons. The summed E-state index contributed by atoms with van der Waals surface area (Å²) in [5.74, 6) is 0.493. The van der Waals surface area contributed by atoms with E-state index in [1.807, 2.05) is 30.3 Å². The van der Waals surface area contributed by atoms with E-state index in [0.29, 0.717) is 17.9 Å². The summed E-state index contributed by atoms with van der Waals surface area (Å²) in [4.78, 5) is 24.2. The van der Waals surface area contributed by atoms with Crippen molar-refractivity contribution in [3.63, 3.8) is 0 Å². The quantitative estimate of drug-likeness (QED) is 0.779. The van der Waals surface area contributed by atoms with E-state index in [-0.39, 0.29) is 24.4 Å². The van der Waals surface area contributed by atoms with Gasteiger partial charge in [-0.05, 0) is 18.2 Å². The normalized spacial score (nSPS) is 15.5. The standard InChI is InChI=1S/C19H21N3O3/c1-20-19(24)14-7-2-4-8-15(14)21-12-18(23)22-16-10-11-25-17-9-5-3-6-13(16)17/h2-9,16,21H,10-12H2,1H3,(H,20,24)(H,22,23). The second kappa shape index (κ2) is 7.70.